The lowest BCUT2D eigenvalue weighted by Crippen LogP contribution is -2.45. The number of rotatable bonds is 10. The Morgan fingerprint density at radius 1 is 1.13 bits per heavy atom. The SMILES string of the molecule is COC(=O)C1CCC(Nc2ccc(Oc3c(F)cnc(Oc4cc(C(=N)N)ccc4O)c3F)c(C3=NCCN3C)c2)(C(=O)OC)C1. The molecule has 2 aromatic carbocycles. The zero-order valence-electron chi connectivity index (χ0n) is 25.2. The van der Waals surface area contributed by atoms with Crippen LogP contribution in [0, 0.1) is 23.0 Å². The van der Waals surface area contributed by atoms with Crippen LogP contribution in [0.15, 0.2) is 47.6 Å². The number of phenolic OH excluding ortho intramolecular Hbond substituents is 1. The van der Waals surface area contributed by atoms with E-state index in [1.807, 2.05) is 4.90 Å². The first-order chi connectivity index (χ1) is 22.0. The van der Waals surface area contributed by atoms with Crippen molar-refractivity contribution < 1.29 is 42.4 Å². The molecule has 0 bridgehead atoms. The molecule has 2 aliphatic rings. The molecule has 0 amide bonds. The molecule has 15 heteroatoms. The van der Waals surface area contributed by atoms with E-state index < -0.39 is 52.4 Å². The van der Waals surface area contributed by atoms with Crippen LogP contribution in [-0.2, 0) is 19.1 Å². The van der Waals surface area contributed by atoms with Gasteiger partial charge in [0.05, 0.1) is 38.4 Å². The van der Waals surface area contributed by atoms with Gasteiger partial charge < -0.3 is 40.0 Å². The molecule has 2 atom stereocenters. The van der Waals surface area contributed by atoms with Gasteiger partial charge in [0.1, 0.15) is 23.0 Å². The molecule has 46 heavy (non-hydrogen) atoms. The number of anilines is 1. The van der Waals surface area contributed by atoms with E-state index in [4.69, 9.17) is 30.1 Å². The van der Waals surface area contributed by atoms with Crippen molar-refractivity contribution in [2.24, 2.45) is 16.6 Å². The van der Waals surface area contributed by atoms with Crippen LogP contribution in [0.5, 0.6) is 28.9 Å². The lowest BCUT2D eigenvalue weighted by atomic mass is 9.95. The highest BCUT2D eigenvalue weighted by molar-refractivity contribution is 6.03. The van der Waals surface area contributed by atoms with E-state index in [2.05, 4.69) is 15.3 Å². The Morgan fingerprint density at radius 2 is 1.91 bits per heavy atom. The number of aliphatic imine (C=N–C) groups is 1. The maximum Gasteiger partial charge on any atom is 0.331 e. The number of halogens is 2. The number of nitrogens with zero attached hydrogens (tertiary/aromatic N) is 3. The molecular weight excluding hydrogens is 606 g/mol. The van der Waals surface area contributed by atoms with Crippen LogP contribution in [0.1, 0.15) is 30.4 Å². The fourth-order valence-electron chi connectivity index (χ4n) is 5.50. The van der Waals surface area contributed by atoms with Crippen LogP contribution in [-0.4, -0.2) is 78.5 Å². The number of phenols is 1. The van der Waals surface area contributed by atoms with E-state index in [9.17, 15) is 14.7 Å². The third-order valence-corrected chi connectivity index (χ3v) is 7.88. The number of methoxy groups -OCH3 is 2. The van der Waals surface area contributed by atoms with Crippen molar-refractivity contribution in [1.82, 2.24) is 9.88 Å². The highest BCUT2D eigenvalue weighted by Crippen LogP contribution is 2.41. The Hall–Kier alpha value is -5.47. The number of nitrogens with two attached hydrogens (primary N) is 1. The van der Waals surface area contributed by atoms with Crippen molar-refractivity contribution in [3.05, 3.63) is 65.4 Å². The number of amidine groups is 2. The monoisotopic (exact) mass is 638 g/mol. The van der Waals surface area contributed by atoms with E-state index in [-0.39, 0.29) is 29.3 Å². The van der Waals surface area contributed by atoms with Gasteiger partial charge in [0.15, 0.2) is 17.3 Å². The maximum absolute atomic E-state index is 15.7. The summed E-state index contributed by atoms with van der Waals surface area (Å²) in [4.78, 5) is 35.3. The number of carbonyl (C=O) groups is 2. The van der Waals surface area contributed by atoms with Gasteiger partial charge in [0.25, 0.3) is 5.88 Å². The van der Waals surface area contributed by atoms with E-state index in [1.54, 1.807) is 19.2 Å². The number of pyridine rings is 1. The summed E-state index contributed by atoms with van der Waals surface area (Å²) < 4.78 is 51.9. The molecule has 2 unspecified atom stereocenters. The number of aromatic nitrogens is 1. The second-order valence-corrected chi connectivity index (χ2v) is 10.9. The Morgan fingerprint density at radius 3 is 2.59 bits per heavy atom. The van der Waals surface area contributed by atoms with Gasteiger partial charge in [-0.1, -0.05) is 0 Å². The van der Waals surface area contributed by atoms with E-state index in [0.29, 0.717) is 49.2 Å². The van der Waals surface area contributed by atoms with Gasteiger partial charge in [0.2, 0.25) is 11.6 Å². The first-order valence-corrected chi connectivity index (χ1v) is 14.2. The minimum atomic E-state index is -1.30. The van der Waals surface area contributed by atoms with Crippen LogP contribution < -0.4 is 20.5 Å². The molecule has 1 fully saturated rings. The lowest BCUT2D eigenvalue weighted by molar-refractivity contribution is -0.147. The summed E-state index contributed by atoms with van der Waals surface area (Å²) in [5.41, 5.74) is 5.27. The molecule has 1 aromatic heterocycles. The number of aromatic hydroxyl groups is 1. The van der Waals surface area contributed by atoms with Crippen LogP contribution in [0.25, 0.3) is 0 Å². The van der Waals surface area contributed by atoms with E-state index in [0.717, 1.165) is 0 Å². The topological polar surface area (TPSA) is 182 Å². The molecule has 0 radical (unpaired) electrons. The first kappa shape index (κ1) is 31.9. The molecule has 1 saturated carbocycles. The number of benzene rings is 2. The number of nitrogens with one attached hydrogen (secondary N) is 2. The van der Waals surface area contributed by atoms with Crippen molar-refractivity contribution in [3.63, 3.8) is 0 Å². The fraction of sp³-hybridized carbons (Fsp3) is 0.323. The van der Waals surface area contributed by atoms with Crippen molar-refractivity contribution in [2.75, 3.05) is 39.7 Å². The molecule has 0 saturated heterocycles. The molecule has 5 rings (SSSR count). The molecule has 1 aliphatic carbocycles. The Labute approximate surface area is 262 Å². The molecule has 1 aliphatic heterocycles. The van der Waals surface area contributed by atoms with Gasteiger partial charge in [-0.15, -0.1) is 0 Å². The second-order valence-electron chi connectivity index (χ2n) is 10.9. The largest absolute Gasteiger partial charge is 0.504 e. The Kier molecular flexibility index (Phi) is 8.94. The molecule has 13 nitrogen and oxygen atoms in total. The van der Waals surface area contributed by atoms with Gasteiger partial charge in [0, 0.05) is 24.8 Å². The third-order valence-electron chi connectivity index (χ3n) is 7.88. The van der Waals surface area contributed by atoms with Gasteiger partial charge >= 0.3 is 11.9 Å². The number of esters is 2. The summed E-state index contributed by atoms with van der Waals surface area (Å²) in [7, 11) is 4.35. The Balaban J connectivity index is 1.50. The van der Waals surface area contributed by atoms with Gasteiger partial charge in [-0.2, -0.15) is 4.39 Å². The van der Waals surface area contributed by atoms with E-state index >= 15 is 8.78 Å². The van der Waals surface area contributed by atoms with Crippen molar-refractivity contribution in [3.8, 4) is 28.9 Å². The molecule has 0 spiro atoms. The molecule has 5 N–H and O–H groups in total. The molecule has 3 aromatic rings. The predicted octanol–water partition coefficient (Wildman–Crippen LogP) is 3.92. The van der Waals surface area contributed by atoms with Gasteiger partial charge in [-0.3, -0.25) is 15.2 Å². The number of ether oxygens (including phenoxy) is 4. The average Bonchev–Trinajstić information content (AvgIpc) is 3.68. The van der Waals surface area contributed by atoms with Crippen molar-refractivity contribution in [1.29, 1.82) is 5.41 Å². The summed E-state index contributed by atoms with van der Waals surface area (Å²) in [6.07, 6.45) is 1.54. The van der Waals surface area contributed by atoms with Gasteiger partial charge in [-0.05, 0) is 55.7 Å². The summed E-state index contributed by atoms with van der Waals surface area (Å²) in [6, 6.07) is 8.44. The normalized spacial score (nSPS) is 18.9. The second kappa shape index (κ2) is 12.9. The molecule has 242 valence electrons. The smallest absolute Gasteiger partial charge is 0.331 e. The average molecular weight is 639 g/mol. The highest BCUT2D eigenvalue weighted by Gasteiger charge is 2.49. The number of carbonyl (C=O) groups excluding carboxylic acids is 2. The number of hydrogen-bond donors (Lipinski definition) is 4. The molecule has 2 heterocycles. The third kappa shape index (κ3) is 6.20. The standard InChI is InChI=1S/C31H32F2N6O7/c1-39-11-10-36-27(39)19-13-18(38-31(30(42)44-3)9-8-17(14-31)29(41)43-2)5-7-22(19)45-25-20(32)15-37-28(24(25)33)46-23-12-16(26(34)35)4-6-21(23)40/h4-7,12-13,15,17,38,40H,8-11,14H2,1-3H3,(H3,34,35). The van der Waals surface area contributed by atoms with Crippen molar-refractivity contribution in [2.45, 2.75) is 24.8 Å². The first-order valence-electron chi connectivity index (χ1n) is 14.2. The van der Waals surface area contributed by atoms with E-state index in [1.165, 1.54) is 38.5 Å². The number of likely N-dealkylation sites (N-methyl/N-ethyl adjacent to an activating group) is 1. The van der Waals surface area contributed by atoms with Crippen LogP contribution in [0.3, 0.4) is 0 Å². The predicted molar refractivity (Wildman–Crippen MR) is 162 cm³/mol. The van der Waals surface area contributed by atoms with Crippen LogP contribution in [0.2, 0.25) is 0 Å². The zero-order chi connectivity index (χ0) is 33.2. The number of nitrogen functional groups attached to an aromatic ring is 1. The maximum atomic E-state index is 15.7. The zero-order valence-corrected chi connectivity index (χ0v) is 25.2. The quantitative estimate of drug-likeness (QED) is 0.144. The summed E-state index contributed by atoms with van der Waals surface area (Å²) in [6.45, 7) is 1.05. The van der Waals surface area contributed by atoms with Crippen molar-refractivity contribution >= 4 is 29.3 Å². The fourth-order valence-corrected chi connectivity index (χ4v) is 5.50. The Bertz CT molecular complexity index is 1740. The molecular formula is C31H32F2N6O7. The summed E-state index contributed by atoms with van der Waals surface area (Å²) >= 11 is 0. The minimum absolute atomic E-state index is 0.0281. The van der Waals surface area contributed by atoms with Gasteiger partial charge in [-0.25, -0.2) is 14.2 Å². The lowest BCUT2D eigenvalue weighted by Gasteiger charge is -2.29. The summed E-state index contributed by atoms with van der Waals surface area (Å²) in [5.74, 6) is -5.94. The highest BCUT2D eigenvalue weighted by atomic mass is 19.1. The summed E-state index contributed by atoms with van der Waals surface area (Å²) in [5, 5.41) is 21.0. The van der Waals surface area contributed by atoms with Crippen LogP contribution >= 0.6 is 0 Å². The van der Waals surface area contributed by atoms with Crippen LogP contribution in [0.4, 0.5) is 14.5 Å². The number of hydrogen-bond acceptors (Lipinski definition) is 12. The minimum Gasteiger partial charge on any atom is -0.504 e.